The molecule has 2 N–H and O–H groups in total. The third-order valence-electron chi connectivity index (χ3n) is 7.27. The highest BCUT2D eigenvalue weighted by Crippen LogP contribution is 2.39. The van der Waals surface area contributed by atoms with Crippen molar-refractivity contribution < 1.29 is 35.9 Å². The number of piperazine rings is 1. The van der Waals surface area contributed by atoms with Gasteiger partial charge in [-0.05, 0) is 38.4 Å². The average molecular weight is 636 g/mol. The van der Waals surface area contributed by atoms with Crippen LogP contribution in [-0.2, 0) is 16.2 Å². The molecule has 12 nitrogen and oxygen atoms in total. The van der Waals surface area contributed by atoms with Gasteiger partial charge >= 0.3 is 6.18 Å². The Hall–Kier alpha value is -2.92. The van der Waals surface area contributed by atoms with E-state index >= 15 is 0 Å². The third kappa shape index (κ3) is 7.53. The Morgan fingerprint density at radius 1 is 1.19 bits per heavy atom. The first-order valence-corrected chi connectivity index (χ1v) is 15.3. The number of hydrogen-bond acceptors (Lipinski definition) is 10. The van der Waals surface area contributed by atoms with Crippen LogP contribution < -0.4 is 20.2 Å². The maximum absolute atomic E-state index is 13.8. The van der Waals surface area contributed by atoms with Gasteiger partial charge in [0.05, 0.1) is 35.7 Å². The Labute approximate surface area is 247 Å². The van der Waals surface area contributed by atoms with Crippen LogP contribution in [0.15, 0.2) is 18.3 Å². The molecular formula is C25H33ClF3N7O5S. The predicted molar refractivity (Wildman–Crippen MR) is 150 cm³/mol. The summed E-state index contributed by atoms with van der Waals surface area (Å²) in [6.07, 6.45) is -2.74. The van der Waals surface area contributed by atoms with Crippen molar-refractivity contribution in [2.24, 2.45) is 0 Å². The second kappa shape index (κ2) is 12.8. The van der Waals surface area contributed by atoms with Gasteiger partial charge in [-0.25, -0.2) is 18.4 Å². The van der Waals surface area contributed by atoms with Crippen molar-refractivity contribution in [3.8, 4) is 11.6 Å². The number of alkyl halides is 3. The van der Waals surface area contributed by atoms with Crippen LogP contribution in [0.4, 0.5) is 24.8 Å². The molecule has 0 unspecified atom stereocenters. The van der Waals surface area contributed by atoms with Crippen molar-refractivity contribution in [1.82, 2.24) is 29.6 Å². The summed E-state index contributed by atoms with van der Waals surface area (Å²) in [7, 11) is 1.11. The fourth-order valence-corrected chi connectivity index (χ4v) is 5.78. The molecular weight excluding hydrogens is 603 g/mol. The van der Waals surface area contributed by atoms with Crippen LogP contribution in [0.25, 0.3) is 0 Å². The number of methoxy groups -OCH3 is 1. The van der Waals surface area contributed by atoms with Gasteiger partial charge in [0.1, 0.15) is 17.4 Å². The molecule has 2 aromatic rings. The quantitative estimate of drug-likeness (QED) is 0.424. The number of halogens is 4. The van der Waals surface area contributed by atoms with Crippen LogP contribution in [0.1, 0.15) is 35.2 Å². The van der Waals surface area contributed by atoms with Crippen molar-refractivity contribution in [2.45, 2.75) is 37.6 Å². The molecule has 0 spiro atoms. The van der Waals surface area contributed by atoms with Gasteiger partial charge < -0.3 is 19.7 Å². The number of ether oxygens (including phenoxy) is 2. The summed E-state index contributed by atoms with van der Waals surface area (Å²) in [5.41, 5.74) is 1.94. The van der Waals surface area contributed by atoms with Gasteiger partial charge in [-0.15, -0.1) is 0 Å². The maximum atomic E-state index is 13.8. The highest BCUT2D eigenvalue weighted by Gasteiger charge is 2.40. The molecule has 2 heterocycles. The van der Waals surface area contributed by atoms with E-state index in [1.165, 1.54) is 26.3 Å². The van der Waals surface area contributed by atoms with Gasteiger partial charge in [0.2, 0.25) is 21.9 Å². The number of hydrazine groups is 1. The SMILES string of the molecule is COc1cc(C(=O)NN2CCN(C)CC2)c(Cl)cc1Nc1ncc(C(F)(F)F)c(O[C@@H]2CCC[C@H]2N(C)S(C)(=O)=O)n1. The number of rotatable bonds is 9. The molecule has 1 aromatic heterocycles. The Morgan fingerprint density at radius 3 is 2.50 bits per heavy atom. The zero-order valence-corrected chi connectivity index (χ0v) is 25.1. The highest BCUT2D eigenvalue weighted by molar-refractivity contribution is 7.88. The summed E-state index contributed by atoms with van der Waals surface area (Å²) in [5.74, 6) is -1.28. The van der Waals surface area contributed by atoms with Crippen molar-refractivity contribution in [1.29, 1.82) is 0 Å². The van der Waals surface area contributed by atoms with Crippen LogP contribution >= 0.6 is 11.6 Å². The van der Waals surface area contributed by atoms with E-state index in [0.29, 0.717) is 38.5 Å². The molecule has 4 rings (SSSR count). The van der Waals surface area contributed by atoms with E-state index in [9.17, 15) is 26.4 Å². The topological polar surface area (TPSA) is 129 Å². The molecule has 42 heavy (non-hydrogen) atoms. The monoisotopic (exact) mass is 635 g/mol. The number of carbonyl (C=O) groups excluding carboxylic acids is 1. The highest BCUT2D eigenvalue weighted by atomic mass is 35.5. The van der Waals surface area contributed by atoms with Crippen LogP contribution in [0.5, 0.6) is 11.6 Å². The summed E-state index contributed by atoms with van der Waals surface area (Å²) in [6.45, 7) is 2.85. The Morgan fingerprint density at radius 2 is 1.88 bits per heavy atom. The molecule has 1 aliphatic heterocycles. The molecule has 2 fully saturated rings. The molecule has 2 atom stereocenters. The lowest BCUT2D eigenvalue weighted by Crippen LogP contribution is -2.52. The number of amides is 1. The van der Waals surface area contributed by atoms with Gasteiger partial charge in [-0.2, -0.15) is 22.5 Å². The first-order chi connectivity index (χ1) is 19.7. The lowest BCUT2D eigenvalue weighted by Gasteiger charge is -2.32. The molecule has 17 heteroatoms. The first-order valence-electron chi connectivity index (χ1n) is 13.1. The number of sulfonamides is 1. The zero-order chi connectivity index (χ0) is 30.8. The second-order valence-corrected chi connectivity index (χ2v) is 12.7. The number of likely N-dealkylation sites (N-methyl/N-ethyl adjacent to an activating group) is 2. The van der Waals surface area contributed by atoms with E-state index in [4.69, 9.17) is 21.1 Å². The molecule has 232 valence electrons. The fourth-order valence-electron chi connectivity index (χ4n) is 4.80. The average Bonchev–Trinajstić information content (AvgIpc) is 3.36. The summed E-state index contributed by atoms with van der Waals surface area (Å²) < 4.78 is 77.9. The minimum absolute atomic E-state index is 0.0610. The van der Waals surface area contributed by atoms with Gasteiger partial charge in [0, 0.05) is 39.4 Å². The lowest BCUT2D eigenvalue weighted by molar-refractivity contribution is -0.140. The van der Waals surface area contributed by atoms with Crippen LogP contribution in [0, 0.1) is 0 Å². The fraction of sp³-hybridized carbons (Fsp3) is 0.560. The second-order valence-electron chi connectivity index (χ2n) is 10.2. The van der Waals surface area contributed by atoms with Crippen molar-refractivity contribution in [3.05, 3.63) is 34.5 Å². The summed E-state index contributed by atoms with van der Waals surface area (Å²) in [6, 6.07) is 2.13. The number of aromatic nitrogens is 2. The zero-order valence-electron chi connectivity index (χ0n) is 23.5. The molecule has 2 aliphatic rings. The van der Waals surface area contributed by atoms with Crippen LogP contribution in [0.3, 0.4) is 0 Å². The molecule has 1 aromatic carbocycles. The summed E-state index contributed by atoms with van der Waals surface area (Å²) in [4.78, 5) is 22.8. The maximum Gasteiger partial charge on any atom is 0.423 e. The largest absolute Gasteiger partial charge is 0.495 e. The van der Waals surface area contributed by atoms with Crippen molar-refractivity contribution >= 4 is 39.2 Å². The van der Waals surface area contributed by atoms with Crippen LogP contribution in [-0.4, -0.2) is 104 Å². The summed E-state index contributed by atoms with van der Waals surface area (Å²) >= 11 is 6.42. The van der Waals surface area contributed by atoms with E-state index in [2.05, 4.69) is 25.6 Å². The number of carbonyl (C=O) groups is 1. The standard InChI is InChI=1S/C25H33ClF3N7O5S/c1-34-8-10-36(11-9-34)33-22(37)15-12-21(40-3)18(13-17(15)26)31-24-30-14-16(25(27,28)29)23(32-24)41-20-7-5-6-19(20)35(2)42(4,38)39/h12-14,19-20H,5-11H2,1-4H3,(H,33,37)(H,30,31,32)/t19-,20-/m1/s1. The van der Waals surface area contributed by atoms with E-state index in [0.717, 1.165) is 23.7 Å². The van der Waals surface area contributed by atoms with Gasteiger partial charge in [0.15, 0.2) is 0 Å². The lowest BCUT2D eigenvalue weighted by atomic mass is 10.1. The number of hydrogen-bond donors (Lipinski definition) is 2. The summed E-state index contributed by atoms with van der Waals surface area (Å²) in [5, 5.41) is 4.64. The smallest absolute Gasteiger partial charge is 0.423 e. The van der Waals surface area contributed by atoms with Gasteiger partial charge in [-0.1, -0.05) is 11.6 Å². The third-order valence-corrected chi connectivity index (χ3v) is 8.90. The van der Waals surface area contributed by atoms with Crippen molar-refractivity contribution in [2.75, 3.05) is 59.0 Å². The molecule has 0 radical (unpaired) electrons. The number of nitrogens with one attached hydrogen (secondary N) is 2. The molecule has 1 saturated heterocycles. The minimum Gasteiger partial charge on any atom is -0.495 e. The first kappa shape index (κ1) is 32.0. The van der Waals surface area contributed by atoms with Gasteiger partial charge in [-0.3, -0.25) is 10.2 Å². The van der Waals surface area contributed by atoms with E-state index < -0.39 is 45.7 Å². The molecule has 1 amide bonds. The number of benzene rings is 1. The predicted octanol–water partition coefficient (Wildman–Crippen LogP) is 2.98. The molecule has 1 saturated carbocycles. The van der Waals surface area contributed by atoms with E-state index in [1.54, 1.807) is 5.01 Å². The molecule has 0 bridgehead atoms. The molecule has 1 aliphatic carbocycles. The van der Waals surface area contributed by atoms with Gasteiger partial charge in [0.25, 0.3) is 5.91 Å². The van der Waals surface area contributed by atoms with E-state index in [-0.39, 0.29) is 28.0 Å². The Bertz CT molecular complexity index is 1410. The number of anilines is 2. The minimum atomic E-state index is -4.83. The number of nitrogens with zero attached hydrogens (tertiary/aromatic N) is 5. The van der Waals surface area contributed by atoms with Crippen molar-refractivity contribution in [3.63, 3.8) is 0 Å². The Balaban J connectivity index is 1.58. The van der Waals surface area contributed by atoms with Crippen LogP contribution in [0.2, 0.25) is 5.02 Å². The normalized spacial score (nSPS) is 20.5. The Kier molecular flexibility index (Phi) is 9.72. The van der Waals surface area contributed by atoms with E-state index in [1.807, 2.05) is 7.05 Å².